The highest BCUT2D eigenvalue weighted by Gasteiger charge is 2.48. The Labute approximate surface area is 205 Å². The lowest BCUT2D eigenvalue weighted by molar-refractivity contribution is -0.134. The van der Waals surface area contributed by atoms with Gasteiger partial charge in [-0.2, -0.15) is 0 Å². The summed E-state index contributed by atoms with van der Waals surface area (Å²) in [5, 5.41) is 2.74. The van der Waals surface area contributed by atoms with Gasteiger partial charge >= 0.3 is 6.03 Å². The lowest BCUT2D eigenvalue weighted by atomic mass is 9.93. The fourth-order valence-electron chi connectivity index (χ4n) is 4.58. The van der Waals surface area contributed by atoms with E-state index in [4.69, 9.17) is 4.74 Å². The maximum atomic E-state index is 13.4. The number of methoxy groups -OCH3 is 1. The van der Waals surface area contributed by atoms with E-state index in [1.54, 1.807) is 44.4 Å². The summed E-state index contributed by atoms with van der Waals surface area (Å²) in [6.07, 6.45) is 1.21. The largest absolute Gasteiger partial charge is 0.497 e. The van der Waals surface area contributed by atoms with Crippen LogP contribution < -0.4 is 15.0 Å². The van der Waals surface area contributed by atoms with Gasteiger partial charge in [0.15, 0.2) is 9.84 Å². The molecule has 0 aromatic heterocycles. The smallest absolute Gasteiger partial charge is 0.325 e. The van der Waals surface area contributed by atoms with Gasteiger partial charge in [-0.15, -0.1) is 0 Å². The molecule has 2 aromatic rings. The molecule has 35 heavy (non-hydrogen) atoms. The summed E-state index contributed by atoms with van der Waals surface area (Å²) in [4.78, 5) is 41.7. The van der Waals surface area contributed by atoms with Gasteiger partial charge in [0.1, 0.15) is 17.8 Å². The van der Waals surface area contributed by atoms with Crippen LogP contribution in [0.5, 0.6) is 5.75 Å². The van der Waals surface area contributed by atoms with Crippen molar-refractivity contribution < 1.29 is 27.5 Å². The van der Waals surface area contributed by atoms with Crippen LogP contribution in [0.15, 0.2) is 54.6 Å². The number of nitrogens with one attached hydrogen (secondary N) is 1. The molecule has 2 aromatic carbocycles. The van der Waals surface area contributed by atoms with Crippen molar-refractivity contribution in [3.05, 3.63) is 60.2 Å². The van der Waals surface area contributed by atoms with Gasteiger partial charge in [0.25, 0.3) is 5.91 Å². The number of carbonyl (C=O) groups is 3. The Morgan fingerprint density at radius 2 is 1.83 bits per heavy atom. The van der Waals surface area contributed by atoms with Gasteiger partial charge in [-0.3, -0.25) is 14.5 Å². The molecule has 2 fully saturated rings. The summed E-state index contributed by atoms with van der Waals surface area (Å²) in [6, 6.07) is 15.0. The van der Waals surface area contributed by atoms with E-state index < -0.39 is 45.8 Å². The van der Waals surface area contributed by atoms with Crippen LogP contribution in [0.4, 0.5) is 10.5 Å². The zero-order chi connectivity index (χ0) is 25.2. The molecule has 186 valence electrons. The second-order valence-electron chi connectivity index (χ2n) is 9.16. The average molecular weight is 500 g/mol. The summed E-state index contributed by atoms with van der Waals surface area (Å²) >= 11 is 0. The Balaban J connectivity index is 1.48. The predicted molar refractivity (Wildman–Crippen MR) is 131 cm³/mol. The number of amides is 4. The quantitative estimate of drug-likeness (QED) is 0.557. The summed E-state index contributed by atoms with van der Waals surface area (Å²) < 4.78 is 29.3. The van der Waals surface area contributed by atoms with E-state index in [-0.39, 0.29) is 11.5 Å². The van der Waals surface area contributed by atoms with E-state index in [9.17, 15) is 22.8 Å². The van der Waals surface area contributed by atoms with E-state index in [0.717, 1.165) is 16.2 Å². The Morgan fingerprint density at radius 3 is 2.43 bits per heavy atom. The number of sulfone groups is 1. The molecule has 0 unspecified atom stereocenters. The maximum Gasteiger partial charge on any atom is 0.325 e. The highest BCUT2D eigenvalue weighted by molar-refractivity contribution is 7.91. The van der Waals surface area contributed by atoms with Crippen molar-refractivity contribution in [1.82, 2.24) is 10.2 Å². The van der Waals surface area contributed by atoms with Crippen LogP contribution in [-0.4, -0.2) is 67.9 Å². The number of carbonyl (C=O) groups excluding carboxylic acids is 3. The summed E-state index contributed by atoms with van der Waals surface area (Å²) in [5.41, 5.74) is 0.376. The van der Waals surface area contributed by atoms with Crippen LogP contribution in [0.2, 0.25) is 0 Å². The number of urea groups is 1. The minimum Gasteiger partial charge on any atom is -0.497 e. The van der Waals surface area contributed by atoms with E-state index in [2.05, 4.69) is 5.32 Å². The maximum absolute atomic E-state index is 13.4. The molecule has 2 aliphatic heterocycles. The second-order valence-corrected chi connectivity index (χ2v) is 11.4. The fourth-order valence-corrected chi connectivity index (χ4v) is 6.28. The lowest BCUT2D eigenvalue weighted by Crippen LogP contribution is -2.49. The zero-order valence-electron chi connectivity index (χ0n) is 19.8. The first-order chi connectivity index (χ1) is 16.6. The molecule has 10 heteroatoms. The van der Waals surface area contributed by atoms with Gasteiger partial charge in [0, 0.05) is 5.69 Å². The number of hydrogen-bond donors (Lipinski definition) is 1. The summed E-state index contributed by atoms with van der Waals surface area (Å²) in [6.45, 7) is 1.19. The zero-order valence-corrected chi connectivity index (χ0v) is 20.6. The Kier molecular flexibility index (Phi) is 6.84. The standard InChI is InChI=1S/C25H29N3O6S/c1-25(14-12-18-8-10-21(34-2)11-9-18)23(30)27(24(31)26-25)16-22(29)28(19-6-4-3-5-7-19)20-13-15-35(32,33)17-20/h3-11,20H,12-17H2,1-2H3,(H,26,31)/t20-,25+/m0/s1. The number of hydrogen-bond acceptors (Lipinski definition) is 6. The number of aryl methyl sites for hydroxylation is 1. The van der Waals surface area contributed by atoms with E-state index in [1.165, 1.54) is 4.90 Å². The molecule has 2 saturated heterocycles. The molecular weight excluding hydrogens is 470 g/mol. The number of anilines is 1. The van der Waals surface area contributed by atoms with Gasteiger partial charge < -0.3 is 15.0 Å². The van der Waals surface area contributed by atoms with Crippen LogP contribution in [-0.2, 0) is 25.8 Å². The number of rotatable bonds is 8. The molecule has 2 heterocycles. The lowest BCUT2D eigenvalue weighted by Gasteiger charge is -2.30. The third-order valence-electron chi connectivity index (χ3n) is 6.59. The van der Waals surface area contributed by atoms with Crippen molar-refractivity contribution in [3.8, 4) is 5.75 Å². The molecule has 1 N–H and O–H groups in total. The fraction of sp³-hybridized carbons (Fsp3) is 0.400. The van der Waals surface area contributed by atoms with Crippen molar-refractivity contribution in [2.75, 3.05) is 30.1 Å². The molecule has 0 saturated carbocycles. The van der Waals surface area contributed by atoms with Gasteiger partial charge in [0.05, 0.1) is 24.7 Å². The number of nitrogens with zero attached hydrogens (tertiary/aromatic N) is 2. The first kappa shape index (κ1) is 24.7. The number of ether oxygens (including phenoxy) is 1. The van der Waals surface area contributed by atoms with Crippen LogP contribution in [0.25, 0.3) is 0 Å². The average Bonchev–Trinajstić information content (AvgIpc) is 3.30. The molecule has 0 spiro atoms. The minimum atomic E-state index is -3.25. The monoisotopic (exact) mass is 499 g/mol. The van der Waals surface area contributed by atoms with E-state index >= 15 is 0 Å². The number of para-hydroxylation sites is 1. The van der Waals surface area contributed by atoms with E-state index in [1.807, 2.05) is 24.3 Å². The highest BCUT2D eigenvalue weighted by atomic mass is 32.2. The first-order valence-electron chi connectivity index (χ1n) is 11.5. The molecule has 4 rings (SSSR count). The number of imide groups is 1. The number of benzene rings is 2. The van der Waals surface area contributed by atoms with Crippen molar-refractivity contribution in [3.63, 3.8) is 0 Å². The van der Waals surface area contributed by atoms with Crippen LogP contribution >= 0.6 is 0 Å². The normalized spacial score (nSPS) is 23.3. The molecule has 0 aliphatic carbocycles. The van der Waals surface area contributed by atoms with Crippen molar-refractivity contribution >= 4 is 33.4 Å². The summed E-state index contributed by atoms with van der Waals surface area (Å²) in [5.74, 6) is -0.390. The van der Waals surface area contributed by atoms with Gasteiger partial charge in [-0.25, -0.2) is 13.2 Å². The topological polar surface area (TPSA) is 113 Å². The van der Waals surface area contributed by atoms with Crippen molar-refractivity contribution in [2.45, 2.75) is 37.8 Å². The minimum absolute atomic E-state index is 0.000836. The van der Waals surface area contributed by atoms with E-state index in [0.29, 0.717) is 24.9 Å². The van der Waals surface area contributed by atoms with Crippen LogP contribution in [0, 0.1) is 0 Å². The molecule has 2 aliphatic rings. The summed E-state index contributed by atoms with van der Waals surface area (Å²) in [7, 11) is -1.66. The third-order valence-corrected chi connectivity index (χ3v) is 8.34. The molecule has 9 nitrogen and oxygen atoms in total. The molecule has 2 atom stereocenters. The van der Waals surface area contributed by atoms with Gasteiger partial charge in [0.2, 0.25) is 5.91 Å². The Hall–Kier alpha value is -3.40. The molecular formula is C25H29N3O6S. The predicted octanol–water partition coefficient (Wildman–Crippen LogP) is 2.16. The molecule has 4 amide bonds. The first-order valence-corrected chi connectivity index (χ1v) is 13.3. The third kappa shape index (κ3) is 5.32. The molecule has 0 radical (unpaired) electrons. The van der Waals surface area contributed by atoms with Crippen LogP contribution in [0.1, 0.15) is 25.3 Å². The van der Waals surface area contributed by atoms with Crippen LogP contribution in [0.3, 0.4) is 0 Å². The van der Waals surface area contributed by atoms with Crippen molar-refractivity contribution in [1.29, 1.82) is 0 Å². The van der Waals surface area contributed by atoms with Gasteiger partial charge in [-0.1, -0.05) is 30.3 Å². The molecule has 0 bridgehead atoms. The second kappa shape index (κ2) is 9.69. The Bertz CT molecular complexity index is 1220. The Morgan fingerprint density at radius 1 is 1.14 bits per heavy atom. The van der Waals surface area contributed by atoms with Crippen molar-refractivity contribution in [2.24, 2.45) is 0 Å². The highest BCUT2D eigenvalue weighted by Crippen LogP contribution is 2.27. The SMILES string of the molecule is COc1ccc(CC[C@@]2(C)NC(=O)N(CC(=O)N(c3ccccc3)[C@H]3CCS(=O)(=O)C3)C2=O)cc1. The van der Waals surface area contributed by atoms with Gasteiger partial charge in [-0.05, 0) is 56.0 Å².